The molecule has 1 nitrogen and oxygen atoms in total. The third-order valence-electron chi connectivity index (χ3n) is 2.31. The summed E-state index contributed by atoms with van der Waals surface area (Å²) in [6.07, 6.45) is 1.59. The van der Waals surface area contributed by atoms with E-state index in [1.165, 1.54) is 6.07 Å². The number of rotatable bonds is 1. The molecule has 0 aliphatic carbocycles. The van der Waals surface area contributed by atoms with Crippen molar-refractivity contribution in [3.8, 4) is 0 Å². The zero-order valence-electron chi connectivity index (χ0n) is 7.52. The molecule has 1 N–H and O–H groups in total. The quantitative estimate of drug-likeness (QED) is 0.677. The number of hydrogen-bond acceptors (Lipinski definition) is 0. The van der Waals surface area contributed by atoms with Crippen molar-refractivity contribution in [1.82, 2.24) is 4.98 Å². The maximum absolute atomic E-state index is 12.6. The molecular formula is C9H8BF3N-. The Labute approximate surface area is 79.0 Å². The van der Waals surface area contributed by atoms with Crippen molar-refractivity contribution in [1.29, 1.82) is 0 Å². The molecule has 14 heavy (non-hydrogen) atoms. The molecule has 5 heteroatoms. The van der Waals surface area contributed by atoms with Gasteiger partial charge in [0.05, 0.1) is 0 Å². The third-order valence-corrected chi connectivity index (χ3v) is 2.31. The molecule has 74 valence electrons. The molecule has 0 spiro atoms. The molecule has 0 saturated heterocycles. The van der Waals surface area contributed by atoms with Crippen molar-refractivity contribution in [2.75, 3.05) is 0 Å². The summed E-state index contributed by atoms with van der Waals surface area (Å²) in [5.74, 6) is 0. The minimum absolute atomic E-state index is 0.192. The first-order chi connectivity index (χ1) is 6.50. The maximum atomic E-state index is 12.6. The number of aryl methyl sites for hydroxylation is 1. The summed E-state index contributed by atoms with van der Waals surface area (Å²) in [4.78, 5) is 2.66. The zero-order chi connectivity index (χ0) is 10.3. The Balaban J connectivity index is 2.79. The Morgan fingerprint density at radius 3 is 2.57 bits per heavy atom. The van der Waals surface area contributed by atoms with E-state index >= 15 is 0 Å². The van der Waals surface area contributed by atoms with Crippen LogP contribution >= 0.6 is 0 Å². The predicted octanol–water partition coefficient (Wildman–Crippen LogP) is 2.53. The summed E-state index contributed by atoms with van der Waals surface area (Å²) < 4.78 is 37.7. The van der Waals surface area contributed by atoms with Crippen molar-refractivity contribution in [3.63, 3.8) is 0 Å². The Morgan fingerprint density at radius 2 is 1.93 bits per heavy atom. The highest BCUT2D eigenvalue weighted by molar-refractivity contribution is 6.75. The Morgan fingerprint density at radius 1 is 1.21 bits per heavy atom. The van der Waals surface area contributed by atoms with E-state index in [-0.39, 0.29) is 5.52 Å². The SMILES string of the molecule is Cc1c[nH]c2c([B-](F)(F)F)cccc12. The molecule has 0 aliphatic rings. The van der Waals surface area contributed by atoms with Gasteiger partial charge >= 0.3 is 6.98 Å². The van der Waals surface area contributed by atoms with Crippen molar-refractivity contribution < 1.29 is 12.9 Å². The van der Waals surface area contributed by atoms with E-state index in [0.717, 1.165) is 11.6 Å². The van der Waals surface area contributed by atoms with Gasteiger partial charge in [0.2, 0.25) is 0 Å². The average molecular weight is 198 g/mol. The standard InChI is InChI=1S/C9H8BF3N/c1-6-5-14-9-7(6)3-2-4-8(9)10(11,12)13/h2-5,14H,1H3/q-1. The lowest BCUT2D eigenvalue weighted by Crippen LogP contribution is -2.34. The van der Waals surface area contributed by atoms with E-state index in [9.17, 15) is 12.9 Å². The van der Waals surface area contributed by atoms with Crippen LogP contribution in [0.4, 0.5) is 12.9 Å². The highest BCUT2D eigenvalue weighted by Gasteiger charge is 2.27. The van der Waals surface area contributed by atoms with Gasteiger partial charge in [-0.05, 0) is 17.9 Å². The molecule has 0 bridgehead atoms. The number of fused-ring (bicyclic) bond motifs is 1. The molecular weight excluding hydrogens is 190 g/mol. The normalized spacial score (nSPS) is 12.3. The van der Waals surface area contributed by atoms with Crippen LogP contribution in [0.1, 0.15) is 5.56 Å². The number of aromatic amines is 1. The van der Waals surface area contributed by atoms with Crippen LogP contribution in [-0.4, -0.2) is 12.0 Å². The number of halogens is 3. The van der Waals surface area contributed by atoms with Gasteiger partial charge in [-0.15, -0.1) is 0 Å². The van der Waals surface area contributed by atoms with Crippen LogP contribution in [0.5, 0.6) is 0 Å². The number of benzene rings is 1. The first-order valence-electron chi connectivity index (χ1n) is 4.26. The fourth-order valence-corrected chi connectivity index (χ4v) is 1.59. The van der Waals surface area contributed by atoms with E-state index < -0.39 is 12.4 Å². The number of aromatic nitrogens is 1. The highest BCUT2D eigenvalue weighted by atomic mass is 19.4. The summed E-state index contributed by atoms with van der Waals surface area (Å²) in [7, 11) is 0. The van der Waals surface area contributed by atoms with Crippen LogP contribution in [-0.2, 0) is 0 Å². The molecule has 2 aromatic rings. The smallest absolute Gasteiger partial charge is 0.445 e. The van der Waals surface area contributed by atoms with Crippen molar-refractivity contribution in [2.45, 2.75) is 6.92 Å². The van der Waals surface area contributed by atoms with E-state index in [2.05, 4.69) is 4.98 Å². The molecule has 1 heterocycles. The van der Waals surface area contributed by atoms with E-state index in [1.807, 2.05) is 0 Å². The largest absolute Gasteiger partial charge is 0.511 e. The summed E-state index contributed by atoms with van der Waals surface area (Å²) >= 11 is 0. The number of nitrogens with one attached hydrogen (secondary N) is 1. The fourth-order valence-electron chi connectivity index (χ4n) is 1.59. The predicted molar refractivity (Wildman–Crippen MR) is 51.7 cm³/mol. The molecule has 1 aromatic carbocycles. The highest BCUT2D eigenvalue weighted by Crippen LogP contribution is 2.19. The lowest BCUT2D eigenvalue weighted by Gasteiger charge is -2.15. The Kier molecular flexibility index (Phi) is 1.84. The van der Waals surface area contributed by atoms with Crippen LogP contribution in [0.15, 0.2) is 24.4 Å². The van der Waals surface area contributed by atoms with Crippen LogP contribution < -0.4 is 5.46 Å². The van der Waals surface area contributed by atoms with E-state index in [0.29, 0.717) is 5.39 Å². The Hall–Kier alpha value is -1.39. The molecule has 0 atom stereocenters. The van der Waals surface area contributed by atoms with Gasteiger partial charge < -0.3 is 17.9 Å². The van der Waals surface area contributed by atoms with Gasteiger partial charge in [0.15, 0.2) is 0 Å². The first kappa shape index (κ1) is 9.18. The molecule has 0 unspecified atom stereocenters. The summed E-state index contributed by atoms with van der Waals surface area (Å²) in [5.41, 5.74) is 0.481. The van der Waals surface area contributed by atoms with Crippen LogP contribution in [0.3, 0.4) is 0 Å². The van der Waals surface area contributed by atoms with Gasteiger partial charge in [-0.1, -0.05) is 23.7 Å². The van der Waals surface area contributed by atoms with Crippen LogP contribution in [0.2, 0.25) is 0 Å². The van der Waals surface area contributed by atoms with Gasteiger partial charge in [-0.3, -0.25) is 0 Å². The van der Waals surface area contributed by atoms with Gasteiger partial charge in [-0.25, -0.2) is 0 Å². The van der Waals surface area contributed by atoms with Gasteiger partial charge in [0.25, 0.3) is 0 Å². The van der Waals surface area contributed by atoms with Gasteiger partial charge in [-0.2, -0.15) is 0 Å². The molecule has 0 saturated carbocycles. The second kappa shape index (κ2) is 2.80. The Bertz CT molecular complexity index is 472. The minimum Gasteiger partial charge on any atom is -0.445 e. The van der Waals surface area contributed by atoms with Crippen molar-refractivity contribution in [3.05, 3.63) is 30.0 Å². The molecule has 0 amide bonds. The second-order valence-corrected chi connectivity index (χ2v) is 3.32. The monoisotopic (exact) mass is 198 g/mol. The van der Waals surface area contributed by atoms with E-state index in [4.69, 9.17) is 0 Å². The lowest BCUT2D eigenvalue weighted by atomic mass is 9.79. The average Bonchev–Trinajstić information content (AvgIpc) is 2.46. The molecule has 1 aromatic heterocycles. The zero-order valence-corrected chi connectivity index (χ0v) is 7.52. The summed E-state index contributed by atoms with van der Waals surface area (Å²) in [6.45, 7) is -3.15. The van der Waals surface area contributed by atoms with Gasteiger partial charge in [0, 0.05) is 11.7 Å². The number of para-hydroxylation sites is 1. The first-order valence-corrected chi connectivity index (χ1v) is 4.26. The molecule has 0 radical (unpaired) electrons. The van der Waals surface area contributed by atoms with Crippen LogP contribution in [0.25, 0.3) is 10.9 Å². The molecule has 0 fully saturated rings. The molecule has 2 rings (SSSR count). The number of H-pyrrole nitrogens is 1. The van der Waals surface area contributed by atoms with E-state index in [1.54, 1.807) is 19.2 Å². The topological polar surface area (TPSA) is 15.8 Å². The number of hydrogen-bond donors (Lipinski definition) is 1. The van der Waals surface area contributed by atoms with Crippen LogP contribution in [0, 0.1) is 6.92 Å². The molecule has 0 aliphatic heterocycles. The summed E-state index contributed by atoms with van der Waals surface area (Å²) in [5, 5.41) is 0.640. The second-order valence-electron chi connectivity index (χ2n) is 3.32. The maximum Gasteiger partial charge on any atom is 0.511 e. The van der Waals surface area contributed by atoms with Crippen molar-refractivity contribution in [2.24, 2.45) is 0 Å². The fraction of sp³-hybridized carbons (Fsp3) is 0.111. The minimum atomic E-state index is -4.93. The van der Waals surface area contributed by atoms with Gasteiger partial charge in [0.1, 0.15) is 0 Å². The third kappa shape index (κ3) is 1.29. The van der Waals surface area contributed by atoms with Crippen molar-refractivity contribution >= 4 is 23.3 Å². The lowest BCUT2D eigenvalue weighted by molar-refractivity contribution is 0.501. The summed E-state index contributed by atoms with van der Waals surface area (Å²) in [6, 6.07) is 4.23.